The van der Waals surface area contributed by atoms with Gasteiger partial charge in [-0.2, -0.15) is 0 Å². The van der Waals surface area contributed by atoms with Crippen molar-refractivity contribution in [1.29, 1.82) is 0 Å². The molecular weight excluding hydrogens is 258 g/mol. The fourth-order valence-electron chi connectivity index (χ4n) is 3.24. The Morgan fingerprint density at radius 2 is 1.80 bits per heavy atom. The van der Waals surface area contributed by atoms with E-state index in [2.05, 4.69) is 19.0 Å². The topological polar surface area (TPSA) is 64.1 Å². The summed E-state index contributed by atoms with van der Waals surface area (Å²) in [4.78, 5) is 29.6. The van der Waals surface area contributed by atoms with Crippen LogP contribution in [0.25, 0.3) is 0 Å². The Labute approximate surface area is 120 Å². The standard InChI is InChI=1S/C14H25N3O3/c1-14(12(18)19)7-4-8-17(14)13(20)16-9-5-11(6-10-16)15(2)3/h11H,4-10H2,1-3H3,(H,18,19). The lowest BCUT2D eigenvalue weighted by atomic mass is 9.99. The first-order valence-electron chi connectivity index (χ1n) is 7.32. The first kappa shape index (κ1) is 15.1. The smallest absolute Gasteiger partial charge is 0.329 e. The number of piperidine rings is 1. The van der Waals surface area contributed by atoms with Gasteiger partial charge >= 0.3 is 12.0 Å². The second kappa shape index (κ2) is 5.60. The van der Waals surface area contributed by atoms with E-state index in [9.17, 15) is 14.7 Å². The predicted octanol–water partition coefficient (Wildman–Crippen LogP) is 1.07. The summed E-state index contributed by atoms with van der Waals surface area (Å²) in [5, 5.41) is 9.39. The molecule has 2 fully saturated rings. The maximum atomic E-state index is 12.6. The highest BCUT2D eigenvalue weighted by Gasteiger charge is 2.47. The van der Waals surface area contributed by atoms with Crippen LogP contribution in [0.3, 0.4) is 0 Å². The molecule has 0 radical (unpaired) electrons. The zero-order valence-corrected chi connectivity index (χ0v) is 12.6. The Kier molecular flexibility index (Phi) is 4.22. The Balaban J connectivity index is 2.00. The van der Waals surface area contributed by atoms with Gasteiger partial charge in [-0.05, 0) is 46.7 Å². The zero-order chi connectivity index (χ0) is 14.9. The number of likely N-dealkylation sites (tertiary alicyclic amines) is 2. The van der Waals surface area contributed by atoms with E-state index in [4.69, 9.17) is 0 Å². The molecule has 6 heteroatoms. The van der Waals surface area contributed by atoms with Crippen LogP contribution in [0.1, 0.15) is 32.6 Å². The first-order chi connectivity index (χ1) is 9.36. The van der Waals surface area contributed by atoms with Crippen molar-refractivity contribution in [3.8, 4) is 0 Å². The molecule has 0 aromatic rings. The minimum absolute atomic E-state index is 0.107. The largest absolute Gasteiger partial charge is 0.480 e. The van der Waals surface area contributed by atoms with Crippen LogP contribution in [0.5, 0.6) is 0 Å². The van der Waals surface area contributed by atoms with Crippen LogP contribution in [-0.2, 0) is 4.79 Å². The van der Waals surface area contributed by atoms with Gasteiger partial charge < -0.3 is 19.8 Å². The van der Waals surface area contributed by atoms with Crippen molar-refractivity contribution in [3.63, 3.8) is 0 Å². The van der Waals surface area contributed by atoms with Crippen molar-refractivity contribution in [2.45, 2.75) is 44.2 Å². The second-order valence-electron chi connectivity index (χ2n) is 6.30. The van der Waals surface area contributed by atoms with Gasteiger partial charge in [-0.15, -0.1) is 0 Å². The van der Waals surface area contributed by atoms with Crippen molar-refractivity contribution < 1.29 is 14.7 Å². The number of nitrogens with zero attached hydrogens (tertiary/aromatic N) is 3. The zero-order valence-electron chi connectivity index (χ0n) is 12.6. The van der Waals surface area contributed by atoms with E-state index in [-0.39, 0.29) is 6.03 Å². The molecule has 2 heterocycles. The molecule has 114 valence electrons. The van der Waals surface area contributed by atoms with Crippen molar-refractivity contribution in [2.24, 2.45) is 0 Å². The van der Waals surface area contributed by atoms with Crippen molar-refractivity contribution in [2.75, 3.05) is 33.7 Å². The monoisotopic (exact) mass is 283 g/mol. The van der Waals surface area contributed by atoms with Gasteiger partial charge in [0.2, 0.25) is 0 Å². The van der Waals surface area contributed by atoms with E-state index < -0.39 is 11.5 Å². The van der Waals surface area contributed by atoms with E-state index in [0.29, 0.717) is 32.1 Å². The van der Waals surface area contributed by atoms with Crippen molar-refractivity contribution in [1.82, 2.24) is 14.7 Å². The van der Waals surface area contributed by atoms with Crippen LogP contribution in [0, 0.1) is 0 Å². The second-order valence-corrected chi connectivity index (χ2v) is 6.30. The number of hydrogen-bond donors (Lipinski definition) is 1. The third-order valence-electron chi connectivity index (χ3n) is 4.80. The molecule has 2 aliphatic rings. The minimum atomic E-state index is -1.03. The number of carbonyl (C=O) groups is 2. The Hall–Kier alpha value is -1.30. The molecule has 20 heavy (non-hydrogen) atoms. The van der Waals surface area contributed by atoms with Gasteiger partial charge in [-0.3, -0.25) is 0 Å². The molecule has 2 amide bonds. The Morgan fingerprint density at radius 3 is 2.30 bits per heavy atom. The summed E-state index contributed by atoms with van der Waals surface area (Å²) in [6.45, 7) is 3.64. The predicted molar refractivity (Wildman–Crippen MR) is 75.7 cm³/mol. The lowest BCUT2D eigenvalue weighted by molar-refractivity contribution is -0.147. The van der Waals surface area contributed by atoms with Crippen LogP contribution in [0.2, 0.25) is 0 Å². The van der Waals surface area contributed by atoms with Gasteiger partial charge in [-0.1, -0.05) is 0 Å². The Morgan fingerprint density at radius 1 is 1.20 bits per heavy atom. The van der Waals surface area contributed by atoms with Crippen LogP contribution >= 0.6 is 0 Å². The van der Waals surface area contributed by atoms with Gasteiger partial charge in [0.25, 0.3) is 0 Å². The third kappa shape index (κ3) is 2.61. The summed E-state index contributed by atoms with van der Waals surface area (Å²) in [6.07, 6.45) is 3.22. The van der Waals surface area contributed by atoms with E-state index >= 15 is 0 Å². The van der Waals surface area contributed by atoms with Gasteiger partial charge in [0.1, 0.15) is 5.54 Å². The molecule has 1 unspecified atom stereocenters. The summed E-state index contributed by atoms with van der Waals surface area (Å²) in [6, 6.07) is 0.410. The van der Waals surface area contributed by atoms with E-state index in [1.165, 1.54) is 0 Å². The SMILES string of the molecule is CN(C)C1CCN(C(=O)N2CCCC2(C)C(=O)O)CC1. The number of carbonyl (C=O) groups excluding carboxylic acids is 1. The molecule has 1 atom stereocenters. The number of hydrogen-bond acceptors (Lipinski definition) is 3. The molecule has 0 aliphatic carbocycles. The quantitative estimate of drug-likeness (QED) is 0.823. The van der Waals surface area contributed by atoms with Gasteiger partial charge in [0, 0.05) is 25.7 Å². The van der Waals surface area contributed by atoms with Gasteiger partial charge in [-0.25, -0.2) is 9.59 Å². The highest BCUT2D eigenvalue weighted by Crippen LogP contribution is 2.31. The highest BCUT2D eigenvalue weighted by atomic mass is 16.4. The first-order valence-corrected chi connectivity index (χ1v) is 7.32. The average molecular weight is 283 g/mol. The molecular formula is C14H25N3O3. The van der Waals surface area contributed by atoms with Gasteiger partial charge in [0.05, 0.1) is 0 Å². The maximum absolute atomic E-state index is 12.6. The molecule has 0 aromatic carbocycles. The third-order valence-corrected chi connectivity index (χ3v) is 4.80. The Bertz CT molecular complexity index is 391. The molecule has 2 aliphatic heterocycles. The fourth-order valence-corrected chi connectivity index (χ4v) is 3.24. The molecule has 6 nitrogen and oxygen atoms in total. The summed E-state index contributed by atoms with van der Waals surface area (Å²) >= 11 is 0. The minimum Gasteiger partial charge on any atom is -0.480 e. The summed E-state index contributed by atoms with van der Waals surface area (Å²) in [5.74, 6) is -0.897. The lowest BCUT2D eigenvalue weighted by Crippen LogP contribution is -2.57. The van der Waals surface area contributed by atoms with Crippen LogP contribution < -0.4 is 0 Å². The molecule has 0 bridgehead atoms. The lowest BCUT2D eigenvalue weighted by Gasteiger charge is -2.40. The molecule has 2 saturated heterocycles. The molecule has 0 saturated carbocycles. The molecule has 2 rings (SSSR count). The molecule has 1 N–H and O–H groups in total. The van der Waals surface area contributed by atoms with Crippen molar-refractivity contribution >= 4 is 12.0 Å². The number of urea groups is 1. The summed E-state index contributed by atoms with van der Waals surface area (Å²) < 4.78 is 0. The van der Waals surface area contributed by atoms with Gasteiger partial charge in [0.15, 0.2) is 0 Å². The van der Waals surface area contributed by atoms with E-state index in [1.54, 1.807) is 11.8 Å². The van der Waals surface area contributed by atoms with E-state index in [1.807, 2.05) is 4.90 Å². The summed E-state index contributed by atoms with van der Waals surface area (Å²) in [7, 11) is 4.12. The normalized spacial score (nSPS) is 28.2. The number of amides is 2. The van der Waals surface area contributed by atoms with E-state index in [0.717, 1.165) is 19.3 Å². The van der Waals surface area contributed by atoms with Crippen LogP contribution in [0.4, 0.5) is 4.79 Å². The molecule has 0 aromatic heterocycles. The number of aliphatic carboxylic acids is 1. The maximum Gasteiger partial charge on any atom is 0.329 e. The van der Waals surface area contributed by atoms with Crippen molar-refractivity contribution in [3.05, 3.63) is 0 Å². The molecule has 0 spiro atoms. The highest BCUT2D eigenvalue weighted by molar-refractivity contribution is 5.86. The summed E-state index contributed by atoms with van der Waals surface area (Å²) in [5.41, 5.74) is -1.03. The van der Waals surface area contributed by atoms with Crippen LogP contribution in [0.15, 0.2) is 0 Å². The fraction of sp³-hybridized carbons (Fsp3) is 0.857. The number of carboxylic acid groups (broad SMARTS) is 1. The van der Waals surface area contributed by atoms with Crippen LogP contribution in [-0.4, -0.2) is 77.1 Å². The number of rotatable bonds is 2. The average Bonchev–Trinajstić information content (AvgIpc) is 2.81. The number of carboxylic acids is 1.